The predicted octanol–water partition coefficient (Wildman–Crippen LogP) is 1.73. The van der Waals surface area contributed by atoms with Crippen LogP contribution in [-0.4, -0.2) is 21.9 Å². The number of carbonyl (C=O) groups is 2. The summed E-state index contributed by atoms with van der Waals surface area (Å²) in [6.45, 7) is 0. The van der Waals surface area contributed by atoms with Crippen LogP contribution in [0, 0.1) is 0 Å². The molecule has 0 heterocycles. The van der Waals surface area contributed by atoms with Crippen molar-refractivity contribution in [3.8, 4) is 0 Å². The molecule has 0 saturated heterocycles. The maximum atomic E-state index is 11.4. The van der Waals surface area contributed by atoms with Crippen molar-refractivity contribution in [2.45, 2.75) is 9.91 Å². The van der Waals surface area contributed by atoms with Crippen LogP contribution in [0.5, 0.6) is 0 Å². The zero-order valence-corrected chi connectivity index (χ0v) is 8.36. The van der Waals surface area contributed by atoms with E-state index in [0.29, 0.717) is 0 Å². The van der Waals surface area contributed by atoms with E-state index in [1.54, 1.807) is 0 Å². The van der Waals surface area contributed by atoms with Gasteiger partial charge < -0.3 is 4.74 Å². The summed E-state index contributed by atoms with van der Waals surface area (Å²) in [6, 6.07) is 0. The summed E-state index contributed by atoms with van der Waals surface area (Å²) in [7, 11) is 0. The fourth-order valence-electron chi connectivity index (χ4n) is 0.194. The van der Waals surface area contributed by atoms with Crippen molar-refractivity contribution in [3.63, 3.8) is 0 Å². The average molecular weight is 314 g/mol. The van der Waals surface area contributed by atoms with E-state index in [-0.39, 0.29) is 0 Å². The van der Waals surface area contributed by atoms with Crippen molar-refractivity contribution in [1.82, 2.24) is 0 Å². The van der Waals surface area contributed by atoms with Crippen LogP contribution in [0.2, 0.25) is 0 Å². The molecule has 12 heavy (non-hydrogen) atoms. The molecular weight excluding hydrogens is 313 g/mol. The molecule has 0 amide bonds. The van der Waals surface area contributed by atoms with Gasteiger partial charge in [-0.15, -0.1) is 0 Å². The molecule has 0 aromatic carbocycles. The molecule has 0 aliphatic rings. The first-order chi connectivity index (χ1) is 5.25. The Bertz CT molecular complexity index is 200. The molecule has 0 fully saturated rings. The van der Waals surface area contributed by atoms with Gasteiger partial charge in [-0.25, -0.2) is 9.59 Å². The summed E-state index contributed by atoms with van der Waals surface area (Å²) in [5, 5.41) is 0. The Morgan fingerprint density at radius 3 is 1.92 bits per heavy atom. The lowest BCUT2D eigenvalue weighted by atomic mass is 10.6. The van der Waals surface area contributed by atoms with E-state index in [9.17, 15) is 22.8 Å². The molecule has 0 bridgehead atoms. The van der Waals surface area contributed by atoms with Gasteiger partial charge in [0.05, 0.1) is 0 Å². The number of carbonyl (C=O) groups excluding carboxylic acids is 2. The van der Waals surface area contributed by atoms with Gasteiger partial charge >= 0.3 is 18.1 Å². The molecule has 70 valence electrons. The van der Waals surface area contributed by atoms with Crippen molar-refractivity contribution >= 4 is 43.8 Å². The average Bonchev–Trinajstić information content (AvgIpc) is 1.85. The Morgan fingerprint density at radius 2 is 1.67 bits per heavy atom. The largest absolute Gasteiger partial charge is 0.491 e. The maximum Gasteiger partial charge on any atom is 0.491 e. The van der Waals surface area contributed by atoms with Gasteiger partial charge in [0.1, 0.15) is 0 Å². The van der Waals surface area contributed by atoms with Crippen LogP contribution >= 0.6 is 31.9 Å². The summed E-state index contributed by atoms with van der Waals surface area (Å²) < 4.78 is 36.5. The van der Waals surface area contributed by atoms with Gasteiger partial charge in [-0.1, -0.05) is 31.9 Å². The number of ether oxygens (including phenoxy) is 1. The third kappa shape index (κ3) is 4.05. The Balaban J connectivity index is 4.12. The fourth-order valence-corrected chi connectivity index (χ4v) is 0.381. The van der Waals surface area contributed by atoms with Crippen molar-refractivity contribution in [2.24, 2.45) is 0 Å². The topological polar surface area (TPSA) is 43.4 Å². The van der Waals surface area contributed by atoms with Crippen LogP contribution < -0.4 is 0 Å². The number of hydrogen-bond acceptors (Lipinski definition) is 3. The van der Waals surface area contributed by atoms with Crippen molar-refractivity contribution < 1.29 is 27.5 Å². The molecule has 0 aliphatic heterocycles. The van der Waals surface area contributed by atoms with Crippen LogP contribution in [0.4, 0.5) is 13.2 Å². The minimum atomic E-state index is -5.15. The normalized spacial score (nSPS) is 11.5. The lowest BCUT2D eigenvalue weighted by Gasteiger charge is -2.05. The lowest BCUT2D eigenvalue weighted by Crippen LogP contribution is -2.29. The molecular formula is C4HBr2F3O3. The first kappa shape index (κ1) is 11.9. The number of alkyl halides is 5. The second-order valence-corrected chi connectivity index (χ2v) is 4.57. The highest BCUT2D eigenvalue weighted by atomic mass is 79.9. The summed E-state index contributed by atoms with van der Waals surface area (Å²) in [6.07, 6.45) is -5.15. The zero-order valence-electron chi connectivity index (χ0n) is 5.19. The maximum absolute atomic E-state index is 11.4. The van der Waals surface area contributed by atoms with E-state index in [1.165, 1.54) is 0 Å². The second-order valence-electron chi connectivity index (χ2n) is 1.51. The first-order valence-corrected chi connectivity index (χ1v) is 4.19. The van der Waals surface area contributed by atoms with Gasteiger partial charge in [0, 0.05) is 0 Å². The van der Waals surface area contributed by atoms with E-state index in [4.69, 9.17) is 0 Å². The lowest BCUT2D eigenvalue weighted by molar-refractivity contribution is -0.201. The molecule has 0 saturated carbocycles. The van der Waals surface area contributed by atoms with Crippen LogP contribution in [0.3, 0.4) is 0 Å². The summed E-state index contributed by atoms with van der Waals surface area (Å²) >= 11 is 5.12. The molecule has 0 aromatic heterocycles. The third-order valence-corrected chi connectivity index (χ3v) is 1.35. The van der Waals surface area contributed by atoms with Crippen molar-refractivity contribution in [3.05, 3.63) is 0 Å². The van der Waals surface area contributed by atoms with Gasteiger partial charge in [-0.2, -0.15) is 13.2 Å². The number of rotatable bonds is 1. The highest BCUT2D eigenvalue weighted by Gasteiger charge is 2.42. The van der Waals surface area contributed by atoms with Crippen molar-refractivity contribution in [1.29, 1.82) is 0 Å². The Morgan fingerprint density at radius 1 is 1.25 bits per heavy atom. The predicted molar refractivity (Wildman–Crippen MR) is 38.8 cm³/mol. The molecule has 0 rings (SSSR count). The van der Waals surface area contributed by atoms with Crippen LogP contribution in [-0.2, 0) is 14.3 Å². The van der Waals surface area contributed by atoms with Gasteiger partial charge in [0.15, 0.2) is 3.74 Å². The SMILES string of the molecule is O=C(OC(=O)C(F)(F)F)C(Br)Br. The van der Waals surface area contributed by atoms with E-state index in [2.05, 4.69) is 36.6 Å². The number of halogens is 5. The molecule has 8 heteroatoms. The van der Waals surface area contributed by atoms with Gasteiger partial charge in [0.2, 0.25) is 0 Å². The molecule has 0 N–H and O–H groups in total. The summed E-state index contributed by atoms with van der Waals surface area (Å²) in [5.41, 5.74) is 0. The molecule has 0 atom stereocenters. The van der Waals surface area contributed by atoms with Crippen LogP contribution in [0.25, 0.3) is 0 Å². The number of hydrogen-bond donors (Lipinski definition) is 0. The molecule has 3 nitrogen and oxygen atoms in total. The first-order valence-electron chi connectivity index (χ1n) is 2.36. The van der Waals surface area contributed by atoms with Crippen LogP contribution in [0.1, 0.15) is 0 Å². The molecule has 0 aliphatic carbocycles. The Hall–Kier alpha value is -0.110. The highest BCUT2D eigenvalue weighted by molar-refractivity contribution is 9.25. The van der Waals surface area contributed by atoms with E-state index in [0.717, 1.165) is 0 Å². The minimum absolute atomic E-state index is 1.13. The summed E-state index contributed by atoms with van der Waals surface area (Å²) in [5.74, 6) is -3.88. The third-order valence-electron chi connectivity index (χ3n) is 0.603. The Labute approximate surface area is 81.5 Å². The van der Waals surface area contributed by atoms with Gasteiger partial charge in [-0.05, 0) is 0 Å². The molecule has 0 spiro atoms. The smallest absolute Gasteiger partial charge is 0.385 e. The monoisotopic (exact) mass is 312 g/mol. The molecule has 0 aromatic rings. The Kier molecular flexibility index (Phi) is 4.18. The van der Waals surface area contributed by atoms with Gasteiger partial charge in [0.25, 0.3) is 0 Å². The minimum Gasteiger partial charge on any atom is -0.385 e. The fraction of sp³-hybridized carbons (Fsp3) is 0.500. The quantitative estimate of drug-likeness (QED) is 0.421. The standard InChI is InChI=1S/C4HBr2F3O3/c5-1(6)2(10)12-3(11)4(7,8)9/h1H. The molecule has 0 radical (unpaired) electrons. The zero-order chi connectivity index (χ0) is 9.94. The second kappa shape index (κ2) is 4.22. The van der Waals surface area contributed by atoms with Crippen LogP contribution in [0.15, 0.2) is 0 Å². The van der Waals surface area contributed by atoms with E-state index in [1.807, 2.05) is 0 Å². The van der Waals surface area contributed by atoms with E-state index < -0.39 is 21.9 Å². The highest BCUT2D eigenvalue weighted by Crippen LogP contribution is 2.18. The van der Waals surface area contributed by atoms with Gasteiger partial charge in [-0.3, -0.25) is 0 Å². The molecule has 0 unspecified atom stereocenters. The summed E-state index contributed by atoms with van der Waals surface area (Å²) in [4.78, 5) is 20.3. The van der Waals surface area contributed by atoms with E-state index >= 15 is 0 Å². The van der Waals surface area contributed by atoms with Crippen molar-refractivity contribution in [2.75, 3.05) is 0 Å². The number of esters is 2.